The fourth-order valence-electron chi connectivity index (χ4n) is 6.36. The van der Waals surface area contributed by atoms with Gasteiger partial charge in [0.2, 0.25) is 5.91 Å². The van der Waals surface area contributed by atoms with Gasteiger partial charge in [-0.3, -0.25) is 4.79 Å². The number of rotatable bonds is 5. The van der Waals surface area contributed by atoms with E-state index < -0.39 is 17.3 Å². The highest BCUT2D eigenvalue weighted by molar-refractivity contribution is 5.76. The zero-order valence-electron chi connectivity index (χ0n) is 15.3. The van der Waals surface area contributed by atoms with Gasteiger partial charge in [-0.05, 0) is 73.8 Å². The third-order valence-electron chi connectivity index (χ3n) is 6.73. The van der Waals surface area contributed by atoms with Crippen LogP contribution in [0.4, 0.5) is 13.2 Å². The number of hydrogen-bond donors (Lipinski definition) is 2. The topological polar surface area (TPSA) is 49.3 Å². The predicted octanol–water partition coefficient (Wildman–Crippen LogP) is 4.09. The summed E-state index contributed by atoms with van der Waals surface area (Å²) in [4.78, 5) is 12.5. The first-order chi connectivity index (χ1) is 12.7. The first kappa shape index (κ1) is 18.8. The number of hydrogen-bond acceptors (Lipinski definition) is 2. The summed E-state index contributed by atoms with van der Waals surface area (Å²) in [5.74, 6) is 0.926. The number of aliphatic hydroxyl groups is 1. The van der Waals surface area contributed by atoms with Crippen molar-refractivity contribution in [3.8, 4) is 0 Å². The molecule has 0 saturated heterocycles. The maximum absolute atomic E-state index is 13.0. The molecule has 0 spiro atoms. The van der Waals surface area contributed by atoms with Crippen LogP contribution in [-0.2, 0) is 17.4 Å². The fraction of sp³-hybridized carbons (Fsp3) is 0.667. The highest BCUT2D eigenvalue weighted by atomic mass is 19.4. The highest BCUT2D eigenvalue weighted by Crippen LogP contribution is 2.62. The minimum absolute atomic E-state index is 0.106. The summed E-state index contributed by atoms with van der Waals surface area (Å²) in [6.45, 7) is 0.194. The number of alkyl halides is 3. The van der Waals surface area contributed by atoms with Crippen LogP contribution in [0.15, 0.2) is 24.3 Å². The Morgan fingerprint density at radius 1 is 1.15 bits per heavy atom. The lowest BCUT2D eigenvalue weighted by Gasteiger charge is -2.60. The molecule has 6 heteroatoms. The Bertz CT molecular complexity index is 716. The molecule has 0 unspecified atom stereocenters. The molecule has 0 radical (unpaired) electrons. The first-order valence-corrected chi connectivity index (χ1v) is 9.81. The number of benzene rings is 1. The Hall–Kier alpha value is -1.56. The van der Waals surface area contributed by atoms with Gasteiger partial charge in [-0.25, -0.2) is 0 Å². The van der Waals surface area contributed by atoms with E-state index in [0.717, 1.165) is 31.7 Å². The molecule has 27 heavy (non-hydrogen) atoms. The van der Waals surface area contributed by atoms with Gasteiger partial charge in [0.25, 0.3) is 0 Å². The second kappa shape index (κ2) is 6.50. The second-order valence-corrected chi connectivity index (χ2v) is 9.12. The van der Waals surface area contributed by atoms with Gasteiger partial charge in [0.1, 0.15) is 0 Å². The van der Waals surface area contributed by atoms with Crippen molar-refractivity contribution in [2.24, 2.45) is 17.3 Å². The maximum Gasteiger partial charge on any atom is 0.416 e. The number of amides is 1. The highest BCUT2D eigenvalue weighted by Gasteiger charge is 2.57. The normalized spacial score (nSPS) is 34.7. The molecule has 2 atom stereocenters. The summed E-state index contributed by atoms with van der Waals surface area (Å²) < 4.78 is 39.1. The van der Waals surface area contributed by atoms with Crippen molar-refractivity contribution in [1.29, 1.82) is 0 Å². The summed E-state index contributed by atoms with van der Waals surface area (Å²) in [5.41, 5.74) is -1.15. The number of nitrogens with one attached hydrogen (secondary N) is 1. The minimum atomic E-state index is -4.38. The lowest BCUT2D eigenvalue weighted by molar-refractivity contribution is -0.169. The smallest absolute Gasteiger partial charge is 0.390 e. The molecule has 4 aliphatic rings. The average molecular weight is 381 g/mol. The van der Waals surface area contributed by atoms with Crippen LogP contribution < -0.4 is 5.32 Å². The van der Waals surface area contributed by atoms with Crippen molar-refractivity contribution >= 4 is 5.91 Å². The molecule has 4 aliphatic carbocycles. The van der Waals surface area contributed by atoms with Crippen LogP contribution in [0.1, 0.15) is 56.1 Å². The Labute approximate surface area is 157 Å². The Morgan fingerprint density at radius 3 is 2.44 bits per heavy atom. The van der Waals surface area contributed by atoms with Gasteiger partial charge >= 0.3 is 6.18 Å². The average Bonchev–Trinajstić information content (AvgIpc) is 2.51. The molecular weight excluding hydrogens is 355 g/mol. The summed E-state index contributed by atoms with van der Waals surface area (Å²) in [7, 11) is 0. The predicted molar refractivity (Wildman–Crippen MR) is 94.8 cm³/mol. The zero-order valence-corrected chi connectivity index (χ0v) is 15.3. The zero-order chi connectivity index (χ0) is 19.3. The van der Waals surface area contributed by atoms with Gasteiger partial charge in [-0.15, -0.1) is 0 Å². The fourth-order valence-corrected chi connectivity index (χ4v) is 6.36. The molecular formula is C21H26F3NO2. The van der Waals surface area contributed by atoms with Crippen molar-refractivity contribution in [3.05, 3.63) is 35.4 Å². The number of carbonyl (C=O) groups is 1. The van der Waals surface area contributed by atoms with E-state index in [0.29, 0.717) is 24.7 Å². The van der Waals surface area contributed by atoms with Gasteiger partial charge in [-0.1, -0.05) is 18.2 Å². The van der Waals surface area contributed by atoms with E-state index in [1.807, 2.05) is 0 Å². The minimum Gasteiger partial charge on any atom is -0.390 e. The van der Waals surface area contributed by atoms with Crippen molar-refractivity contribution in [1.82, 2.24) is 5.32 Å². The van der Waals surface area contributed by atoms with E-state index in [1.54, 1.807) is 6.07 Å². The quantitative estimate of drug-likeness (QED) is 0.807. The molecule has 1 aromatic rings. The molecule has 4 bridgehead atoms. The molecule has 4 saturated carbocycles. The molecule has 148 valence electrons. The van der Waals surface area contributed by atoms with Crippen LogP contribution in [-0.4, -0.2) is 23.2 Å². The van der Waals surface area contributed by atoms with Crippen molar-refractivity contribution < 1.29 is 23.1 Å². The van der Waals surface area contributed by atoms with Crippen LogP contribution in [0.2, 0.25) is 0 Å². The van der Waals surface area contributed by atoms with Crippen molar-refractivity contribution in [3.63, 3.8) is 0 Å². The number of halogens is 3. The molecule has 1 aromatic carbocycles. The van der Waals surface area contributed by atoms with Gasteiger partial charge in [0, 0.05) is 13.0 Å². The summed E-state index contributed by atoms with van der Waals surface area (Å²) in [6, 6.07) is 5.50. The number of carbonyl (C=O) groups excluding carboxylic acids is 1. The van der Waals surface area contributed by atoms with Crippen LogP contribution in [0, 0.1) is 17.3 Å². The van der Waals surface area contributed by atoms with Gasteiger partial charge in [0.15, 0.2) is 0 Å². The molecule has 5 rings (SSSR count). The standard InChI is InChI=1S/C21H26F3NO2/c22-21(23,24)17-4-2-1-3-16(17)5-6-25-18(26)12-19-8-14-7-15(9-19)11-20(27,10-14)13-19/h1-4,14-15,27H,5-13H2,(H,25,26)/t14-,15-,19?,20?/m1/s1. The van der Waals surface area contributed by atoms with Gasteiger partial charge < -0.3 is 10.4 Å². The molecule has 2 N–H and O–H groups in total. The van der Waals surface area contributed by atoms with Gasteiger partial charge in [0.05, 0.1) is 11.2 Å². The summed E-state index contributed by atoms with van der Waals surface area (Å²) in [6.07, 6.45) is 1.73. The third-order valence-corrected chi connectivity index (χ3v) is 6.73. The van der Waals surface area contributed by atoms with Crippen LogP contribution in [0.3, 0.4) is 0 Å². The van der Waals surface area contributed by atoms with Crippen molar-refractivity contribution in [2.45, 2.75) is 63.1 Å². The van der Waals surface area contributed by atoms with Crippen molar-refractivity contribution in [2.75, 3.05) is 6.54 Å². The van der Waals surface area contributed by atoms with E-state index in [9.17, 15) is 23.1 Å². The Morgan fingerprint density at radius 2 is 1.81 bits per heavy atom. The molecule has 1 amide bonds. The lowest BCUT2D eigenvalue weighted by atomic mass is 9.47. The van der Waals surface area contributed by atoms with E-state index in [4.69, 9.17) is 0 Å². The molecule has 0 aliphatic heterocycles. The molecule has 0 aromatic heterocycles. The van der Waals surface area contributed by atoms with Gasteiger partial charge in [-0.2, -0.15) is 13.2 Å². The molecule has 4 fully saturated rings. The first-order valence-electron chi connectivity index (χ1n) is 9.81. The van der Waals surface area contributed by atoms with Crippen LogP contribution in [0.5, 0.6) is 0 Å². The summed E-state index contributed by atoms with van der Waals surface area (Å²) in [5, 5.41) is 13.6. The second-order valence-electron chi connectivity index (χ2n) is 9.12. The van der Waals surface area contributed by atoms with E-state index in [1.165, 1.54) is 18.6 Å². The Kier molecular flexibility index (Phi) is 4.53. The van der Waals surface area contributed by atoms with Crippen LogP contribution in [0.25, 0.3) is 0 Å². The van der Waals surface area contributed by atoms with E-state index in [-0.39, 0.29) is 29.9 Å². The summed E-state index contributed by atoms with van der Waals surface area (Å²) >= 11 is 0. The van der Waals surface area contributed by atoms with Crippen LogP contribution >= 0.6 is 0 Å². The lowest BCUT2D eigenvalue weighted by Crippen LogP contribution is -2.56. The molecule has 3 nitrogen and oxygen atoms in total. The monoisotopic (exact) mass is 381 g/mol. The molecule has 0 heterocycles. The SMILES string of the molecule is O=C(CC12C[C@H]3C[C@@H](CC(O)(C3)C1)C2)NCCc1ccccc1C(F)(F)F. The van der Waals surface area contributed by atoms with E-state index >= 15 is 0 Å². The largest absolute Gasteiger partial charge is 0.416 e. The third kappa shape index (κ3) is 3.86. The Balaban J connectivity index is 1.34. The van der Waals surface area contributed by atoms with E-state index in [2.05, 4.69) is 5.32 Å². The maximum atomic E-state index is 13.0.